The van der Waals surface area contributed by atoms with Crippen LogP contribution in [0.2, 0.25) is 0 Å². The number of phosphoric ester groups is 2. The van der Waals surface area contributed by atoms with Crippen LogP contribution >= 0.6 is 15.6 Å². The number of unbranched alkanes of at least 4 members (excludes halogenated alkanes) is 58. The van der Waals surface area contributed by atoms with Gasteiger partial charge >= 0.3 is 39.5 Å². The highest BCUT2D eigenvalue weighted by atomic mass is 31.2. The molecule has 0 aliphatic heterocycles. The number of rotatable bonds is 86. The second-order valence-corrected chi connectivity index (χ2v) is 34.3. The van der Waals surface area contributed by atoms with Crippen LogP contribution < -0.4 is 0 Å². The second-order valence-electron chi connectivity index (χ2n) is 31.4. The summed E-state index contributed by atoms with van der Waals surface area (Å²) in [7, 11) is -9.93. The van der Waals surface area contributed by atoms with E-state index in [1.54, 1.807) is 0 Å². The number of aliphatic hydroxyl groups is 1. The Morgan fingerprint density at radius 3 is 0.648 bits per heavy atom. The van der Waals surface area contributed by atoms with E-state index in [4.69, 9.17) is 37.0 Å². The molecule has 5 atom stereocenters. The van der Waals surface area contributed by atoms with Gasteiger partial charge in [0, 0.05) is 25.7 Å². The fourth-order valence-electron chi connectivity index (χ4n) is 13.5. The van der Waals surface area contributed by atoms with Gasteiger partial charge in [-0.1, -0.05) is 413 Å². The fourth-order valence-corrected chi connectivity index (χ4v) is 15.1. The molecule has 0 saturated carbocycles. The van der Waals surface area contributed by atoms with Gasteiger partial charge in [-0.25, -0.2) is 9.13 Å². The molecule has 0 spiro atoms. The van der Waals surface area contributed by atoms with Gasteiger partial charge in [0.25, 0.3) is 0 Å². The molecule has 0 rings (SSSR count). The van der Waals surface area contributed by atoms with Crippen molar-refractivity contribution >= 4 is 39.5 Å². The number of carbonyl (C=O) groups excluding carboxylic acids is 4. The third-order valence-electron chi connectivity index (χ3n) is 20.3. The third-order valence-corrected chi connectivity index (χ3v) is 22.2. The minimum Gasteiger partial charge on any atom is -0.462 e. The van der Waals surface area contributed by atoms with Crippen LogP contribution in [-0.2, 0) is 65.4 Å². The van der Waals surface area contributed by atoms with Crippen molar-refractivity contribution in [2.75, 3.05) is 39.6 Å². The summed E-state index contributed by atoms with van der Waals surface area (Å²) in [5.41, 5.74) is 0. The molecular formula is C86H168O17P2. The smallest absolute Gasteiger partial charge is 0.462 e. The molecule has 17 nitrogen and oxygen atoms in total. The molecular weight excluding hydrogens is 1370 g/mol. The predicted molar refractivity (Wildman–Crippen MR) is 432 cm³/mol. The lowest BCUT2D eigenvalue weighted by Crippen LogP contribution is -2.30. The summed E-state index contributed by atoms with van der Waals surface area (Å²) >= 11 is 0. The summed E-state index contributed by atoms with van der Waals surface area (Å²) in [6, 6.07) is 0. The average Bonchev–Trinajstić information content (AvgIpc) is 0.929. The number of aliphatic hydroxyl groups excluding tert-OH is 1. The fraction of sp³-hybridized carbons (Fsp3) is 0.953. The van der Waals surface area contributed by atoms with Crippen LogP contribution in [0.15, 0.2) is 0 Å². The molecule has 0 saturated heterocycles. The summed E-state index contributed by atoms with van der Waals surface area (Å²) in [4.78, 5) is 73.3. The summed E-state index contributed by atoms with van der Waals surface area (Å²) in [5.74, 6) is -1.31. The molecule has 0 aromatic heterocycles. The lowest BCUT2D eigenvalue weighted by atomic mass is 10.0. The highest BCUT2D eigenvalue weighted by Gasteiger charge is 2.30. The first-order valence-electron chi connectivity index (χ1n) is 44.6. The zero-order chi connectivity index (χ0) is 76.9. The van der Waals surface area contributed by atoms with Crippen LogP contribution in [0.5, 0.6) is 0 Å². The Labute approximate surface area is 645 Å². The maximum absolute atomic E-state index is 13.1. The standard InChI is InChI=1S/C86H168O17P2/c1-6-9-12-15-18-21-24-27-29-30-31-32-33-34-36-41-47-52-57-62-67-72-86(91)103-82(76-97-84(89)70-65-60-55-50-45-42-37-39-43-48-53-58-63-68-79(4)5)78-101-105(94,95)99-74-80(87)73-98-104(92,93)100-77-81(75-96-83(88)69-64-59-54-49-44-38-26-23-20-17-14-11-8-3)102-85(90)71-66-61-56-51-46-40-35-28-25-22-19-16-13-10-7-2/h79-82,87H,6-78H2,1-5H3,(H,92,93)(H,94,95)/t80-,81+,82+/m0/s1. The number of ether oxygens (including phenoxy) is 4. The molecule has 3 N–H and O–H groups in total. The van der Waals surface area contributed by atoms with Gasteiger partial charge in [-0.3, -0.25) is 37.3 Å². The van der Waals surface area contributed by atoms with Crippen molar-refractivity contribution in [1.82, 2.24) is 0 Å². The first kappa shape index (κ1) is 103. The van der Waals surface area contributed by atoms with Crippen LogP contribution in [0.25, 0.3) is 0 Å². The second kappa shape index (κ2) is 78.7. The van der Waals surface area contributed by atoms with Gasteiger partial charge in [-0.2, -0.15) is 0 Å². The predicted octanol–water partition coefficient (Wildman–Crippen LogP) is 26.4. The van der Waals surface area contributed by atoms with Gasteiger partial charge in [-0.15, -0.1) is 0 Å². The Hall–Kier alpha value is -1.94. The molecule has 0 aliphatic rings. The van der Waals surface area contributed by atoms with E-state index in [1.807, 2.05) is 0 Å². The van der Waals surface area contributed by atoms with Gasteiger partial charge in [-0.05, 0) is 31.6 Å². The molecule has 624 valence electrons. The van der Waals surface area contributed by atoms with E-state index in [1.165, 1.54) is 289 Å². The first-order valence-corrected chi connectivity index (χ1v) is 47.6. The van der Waals surface area contributed by atoms with E-state index in [2.05, 4.69) is 34.6 Å². The van der Waals surface area contributed by atoms with E-state index in [0.717, 1.165) is 95.8 Å². The van der Waals surface area contributed by atoms with Gasteiger partial charge < -0.3 is 33.8 Å². The average molecular weight is 1540 g/mol. The zero-order valence-electron chi connectivity index (χ0n) is 68.9. The van der Waals surface area contributed by atoms with Crippen LogP contribution in [0, 0.1) is 5.92 Å². The molecule has 0 radical (unpaired) electrons. The van der Waals surface area contributed by atoms with Gasteiger partial charge in [0.1, 0.15) is 19.3 Å². The van der Waals surface area contributed by atoms with Crippen molar-refractivity contribution in [3.8, 4) is 0 Å². The van der Waals surface area contributed by atoms with Gasteiger partial charge in [0.2, 0.25) is 0 Å². The maximum atomic E-state index is 13.1. The monoisotopic (exact) mass is 1540 g/mol. The highest BCUT2D eigenvalue weighted by Crippen LogP contribution is 2.45. The Bertz CT molecular complexity index is 2000. The van der Waals surface area contributed by atoms with E-state index < -0.39 is 97.5 Å². The summed E-state index contributed by atoms with van der Waals surface area (Å²) < 4.78 is 68.9. The summed E-state index contributed by atoms with van der Waals surface area (Å²) in [6.45, 7) is 7.39. The summed E-state index contributed by atoms with van der Waals surface area (Å²) in [5, 5.41) is 10.7. The van der Waals surface area contributed by atoms with Crippen molar-refractivity contribution in [3.05, 3.63) is 0 Å². The number of carbonyl (C=O) groups is 4. The molecule has 0 amide bonds. The van der Waals surface area contributed by atoms with Crippen LogP contribution in [0.4, 0.5) is 0 Å². The topological polar surface area (TPSA) is 237 Å². The van der Waals surface area contributed by atoms with E-state index in [-0.39, 0.29) is 25.7 Å². The van der Waals surface area contributed by atoms with Crippen LogP contribution in [0.1, 0.15) is 465 Å². The zero-order valence-corrected chi connectivity index (χ0v) is 70.7. The molecule has 0 aromatic carbocycles. The molecule has 0 aromatic rings. The van der Waals surface area contributed by atoms with Crippen molar-refractivity contribution < 1.29 is 80.2 Å². The molecule has 105 heavy (non-hydrogen) atoms. The lowest BCUT2D eigenvalue weighted by molar-refractivity contribution is -0.161. The normalized spacial score (nSPS) is 13.8. The minimum absolute atomic E-state index is 0.109. The quantitative estimate of drug-likeness (QED) is 0.0222. The van der Waals surface area contributed by atoms with Crippen LogP contribution in [-0.4, -0.2) is 96.7 Å². The van der Waals surface area contributed by atoms with Crippen LogP contribution in [0.3, 0.4) is 0 Å². The number of hydrogen-bond donors (Lipinski definition) is 3. The van der Waals surface area contributed by atoms with E-state index in [0.29, 0.717) is 25.7 Å². The maximum Gasteiger partial charge on any atom is 0.472 e. The third kappa shape index (κ3) is 79.9. The highest BCUT2D eigenvalue weighted by molar-refractivity contribution is 7.47. The van der Waals surface area contributed by atoms with E-state index in [9.17, 15) is 43.2 Å². The largest absolute Gasteiger partial charge is 0.472 e. The summed E-state index contributed by atoms with van der Waals surface area (Å²) in [6.07, 6.45) is 72.1. The molecule has 2 unspecified atom stereocenters. The van der Waals surface area contributed by atoms with Crippen molar-refractivity contribution in [3.63, 3.8) is 0 Å². The Morgan fingerprint density at radius 1 is 0.257 bits per heavy atom. The molecule has 19 heteroatoms. The minimum atomic E-state index is -4.97. The number of esters is 4. The van der Waals surface area contributed by atoms with Gasteiger partial charge in [0.05, 0.1) is 26.4 Å². The Balaban J connectivity index is 5.25. The first-order chi connectivity index (χ1) is 51.0. The molecule has 0 fully saturated rings. The lowest BCUT2D eigenvalue weighted by Gasteiger charge is -2.21. The van der Waals surface area contributed by atoms with Crippen molar-refractivity contribution in [2.24, 2.45) is 5.92 Å². The van der Waals surface area contributed by atoms with Crippen molar-refractivity contribution in [2.45, 2.75) is 483 Å². The van der Waals surface area contributed by atoms with E-state index >= 15 is 0 Å². The SMILES string of the molecule is CCCCCCCCCCCCCCCCCCCCCCCC(=O)O[C@H](COC(=O)CCCCCCCCCCCCCCCC(C)C)COP(=O)(O)OC[C@@H](O)COP(=O)(O)OC[C@@H](COC(=O)CCCCCCCCCCCCCCC)OC(=O)CCCCCCCCCCCCCCCCC. The Morgan fingerprint density at radius 2 is 0.438 bits per heavy atom. The number of hydrogen-bond acceptors (Lipinski definition) is 15. The Kier molecular flexibility index (Phi) is 77.3. The van der Waals surface area contributed by atoms with Gasteiger partial charge in [0.15, 0.2) is 12.2 Å². The van der Waals surface area contributed by atoms with Crippen molar-refractivity contribution in [1.29, 1.82) is 0 Å². The molecule has 0 bridgehead atoms. The molecule has 0 heterocycles. The number of phosphoric acid groups is 2. The molecule has 0 aliphatic carbocycles.